The quantitative estimate of drug-likeness (QED) is 0.833. The largest absolute Gasteiger partial charge is 0.493 e. The van der Waals surface area contributed by atoms with Crippen molar-refractivity contribution in [1.29, 1.82) is 0 Å². The lowest BCUT2D eigenvalue weighted by Crippen LogP contribution is -2.30. The molecule has 1 aromatic rings. The molecule has 1 aliphatic rings. The molecule has 2 rings (SSSR count). The second-order valence-corrected chi connectivity index (χ2v) is 4.75. The maximum atomic E-state index is 12.7. The number of piperidine rings is 1. The molecule has 3 nitrogen and oxygen atoms in total. The summed E-state index contributed by atoms with van der Waals surface area (Å²) < 4.78 is 43.5. The molecular formula is C13H17F3N2O. The van der Waals surface area contributed by atoms with Crippen molar-refractivity contribution in [2.75, 3.05) is 25.4 Å². The van der Waals surface area contributed by atoms with Crippen LogP contribution in [0.3, 0.4) is 0 Å². The predicted octanol–water partition coefficient (Wildman–Crippen LogP) is 2.67. The minimum absolute atomic E-state index is 0.222. The van der Waals surface area contributed by atoms with E-state index in [9.17, 15) is 13.2 Å². The van der Waals surface area contributed by atoms with Crippen molar-refractivity contribution in [3.05, 3.63) is 23.8 Å². The number of benzene rings is 1. The zero-order valence-corrected chi connectivity index (χ0v) is 10.5. The first-order valence-corrected chi connectivity index (χ1v) is 6.27. The van der Waals surface area contributed by atoms with E-state index in [2.05, 4.69) is 5.32 Å². The van der Waals surface area contributed by atoms with Gasteiger partial charge >= 0.3 is 6.18 Å². The van der Waals surface area contributed by atoms with Crippen LogP contribution in [0.25, 0.3) is 0 Å². The third-order valence-electron chi connectivity index (χ3n) is 3.27. The molecule has 0 saturated carbocycles. The van der Waals surface area contributed by atoms with Gasteiger partial charge in [-0.2, -0.15) is 13.2 Å². The first kappa shape index (κ1) is 14.0. The highest BCUT2D eigenvalue weighted by molar-refractivity contribution is 5.51. The summed E-state index contributed by atoms with van der Waals surface area (Å²) in [7, 11) is 0. The summed E-state index contributed by atoms with van der Waals surface area (Å²) in [6.45, 7) is 2.32. The number of ether oxygens (including phenoxy) is 1. The van der Waals surface area contributed by atoms with Crippen LogP contribution in [0.4, 0.5) is 18.9 Å². The van der Waals surface area contributed by atoms with E-state index >= 15 is 0 Å². The molecule has 1 aliphatic heterocycles. The molecular weight excluding hydrogens is 257 g/mol. The molecule has 0 amide bonds. The van der Waals surface area contributed by atoms with Crippen molar-refractivity contribution >= 4 is 5.69 Å². The number of nitrogens with two attached hydrogens (primary N) is 1. The highest BCUT2D eigenvalue weighted by Gasteiger charge is 2.33. The first-order valence-electron chi connectivity index (χ1n) is 6.27. The molecule has 0 aliphatic carbocycles. The number of halogens is 3. The Bertz CT molecular complexity index is 428. The highest BCUT2D eigenvalue weighted by Crippen LogP contribution is 2.35. The van der Waals surface area contributed by atoms with Crippen LogP contribution in [0, 0.1) is 5.92 Å². The molecule has 0 atom stereocenters. The van der Waals surface area contributed by atoms with E-state index in [0.29, 0.717) is 12.5 Å². The van der Waals surface area contributed by atoms with Gasteiger partial charge in [0.1, 0.15) is 5.75 Å². The predicted molar refractivity (Wildman–Crippen MR) is 66.9 cm³/mol. The standard InChI is InChI=1S/C13H17F3N2O/c14-13(15,16)11-7-10(1-2-12(11)17)19-8-9-3-5-18-6-4-9/h1-2,7,9,18H,3-6,8,17H2. The molecule has 19 heavy (non-hydrogen) atoms. The van der Waals surface area contributed by atoms with Crippen LogP contribution < -0.4 is 15.8 Å². The fraction of sp³-hybridized carbons (Fsp3) is 0.538. The second-order valence-electron chi connectivity index (χ2n) is 4.75. The minimum atomic E-state index is -4.45. The second kappa shape index (κ2) is 5.69. The number of hydrogen-bond donors (Lipinski definition) is 2. The van der Waals surface area contributed by atoms with Crippen molar-refractivity contribution < 1.29 is 17.9 Å². The molecule has 0 spiro atoms. The van der Waals surface area contributed by atoms with Gasteiger partial charge in [-0.1, -0.05) is 0 Å². The van der Waals surface area contributed by atoms with Crippen LogP contribution in [0.1, 0.15) is 18.4 Å². The lowest BCUT2D eigenvalue weighted by molar-refractivity contribution is -0.137. The number of hydrogen-bond acceptors (Lipinski definition) is 3. The van der Waals surface area contributed by atoms with Gasteiger partial charge in [-0.3, -0.25) is 0 Å². The average molecular weight is 274 g/mol. The third-order valence-corrected chi connectivity index (χ3v) is 3.27. The molecule has 106 valence electrons. The monoisotopic (exact) mass is 274 g/mol. The molecule has 1 saturated heterocycles. The van der Waals surface area contributed by atoms with E-state index in [1.807, 2.05) is 0 Å². The van der Waals surface area contributed by atoms with Crippen LogP contribution in [0.15, 0.2) is 18.2 Å². The molecule has 0 bridgehead atoms. The molecule has 1 heterocycles. The van der Waals surface area contributed by atoms with Gasteiger partial charge < -0.3 is 15.8 Å². The lowest BCUT2D eigenvalue weighted by Gasteiger charge is -2.23. The van der Waals surface area contributed by atoms with Crippen LogP contribution in [-0.4, -0.2) is 19.7 Å². The summed E-state index contributed by atoms with van der Waals surface area (Å²) >= 11 is 0. The Kier molecular flexibility index (Phi) is 4.19. The Morgan fingerprint density at radius 1 is 1.26 bits per heavy atom. The van der Waals surface area contributed by atoms with Gasteiger partial charge in [0.05, 0.1) is 12.2 Å². The highest BCUT2D eigenvalue weighted by atomic mass is 19.4. The normalized spacial score (nSPS) is 17.4. The molecule has 0 unspecified atom stereocenters. The van der Waals surface area contributed by atoms with Gasteiger partial charge in [0, 0.05) is 5.69 Å². The fourth-order valence-corrected chi connectivity index (χ4v) is 2.13. The van der Waals surface area contributed by atoms with Gasteiger partial charge in [0.2, 0.25) is 0 Å². The fourth-order valence-electron chi connectivity index (χ4n) is 2.13. The van der Waals surface area contributed by atoms with Crippen molar-refractivity contribution in [3.8, 4) is 5.75 Å². The van der Waals surface area contributed by atoms with E-state index in [4.69, 9.17) is 10.5 Å². The van der Waals surface area contributed by atoms with Gasteiger partial charge in [-0.05, 0) is 50.0 Å². The molecule has 0 radical (unpaired) electrons. The zero-order valence-electron chi connectivity index (χ0n) is 10.5. The minimum Gasteiger partial charge on any atom is -0.493 e. The van der Waals surface area contributed by atoms with E-state index < -0.39 is 11.7 Å². The van der Waals surface area contributed by atoms with E-state index in [1.165, 1.54) is 12.1 Å². The first-order chi connectivity index (χ1) is 8.97. The molecule has 1 fully saturated rings. The van der Waals surface area contributed by atoms with Crippen LogP contribution in [0.5, 0.6) is 5.75 Å². The van der Waals surface area contributed by atoms with E-state index in [0.717, 1.165) is 32.0 Å². The average Bonchev–Trinajstić information content (AvgIpc) is 2.37. The summed E-state index contributed by atoms with van der Waals surface area (Å²) in [6.07, 6.45) is -2.47. The number of rotatable bonds is 3. The van der Waals surface area contributed by atoms with Gasteiger partial charge in [-0.15, -0.1) is 0 Å². The Morgan fingerprint density at radius 3 is 2.58 bits per heavy atom. The topological polar surface area (TPSA) is 47.3 Å². The summed E-state index contributed by atoms with van der Waals surface area (Å²) in [5.74, 6) is 0.619. The summed E-state index contributed by atoms with van der Waals surface area (Å²) in [4.78, 5) is 0. The summed E-state index contributed by atoms with van der Waals surface area (Å²) in [5.41, 5.74) is 4.22. The van der Waals surface area contributed by atoms with Crippen molar-refractivity contribution in [2.45, 2.75) is 19.0 Å². The summed E-state index contributed by atoms with van der Waals surface area (Å²) in [5, 5.41) is 3.23. The Morgan fingerprint density at radius 2 is 1.95 bits per heavy atom. The summed E-state index contributed by atoms with van der Waals surface area (Å²) in [6, 6.07) is 3.68. The molecule has 1 aromatic carbocycles. The Balaban J connectivity index is 2.00. The number of nitrogen functional groups attached to an aromatic ring is 1. The van der Waals surface area contributed by atoms with Crippen LogP contribution in [-0.2, 0) is 6.18 Å². The van der Waals surface area contributed by atoms with Crippen molar-refractivity contribution in [2.24, 2.45) is 5.92 Å². The maximum absolute atomic E-state index is 12.7. The van der Waals surface area contributed by atoms with Crippen molar-refractivity contribution in [3.63, 3.8) is 0 Å². The smallest absolute Gasteiger partial charge is 0.418 e. The SMILES string of the molecule is Nc1ccc(OCC2CCNCC2)cc1C(F)(F)F. The van der Waals surface area contributed by atoms with Crippen LogP contribution in [0.2, 0.25) is 0 Å². The van der Waals surface area contributed by atoms with E-state index in [1.54, 1.807) is 0 Å². The third kappa shape index (κ3) is 3.76. The van der Waals surface area contributed by atoms with E-state index in [-0.39, 0.29) is 11.4 Å². The van der Waals surface area contributed by atoms with Gasteiger partial charge in [0.15, 0.2) is 0 Å². The Labute approximate surface area is 109 Å². The van der Waals surface area contributed by atoms with Gasteiger partial charge in [0.25, 0.3) is 0 Å². The van der Waals surface area contributed by atoms with Crippen LogP contribution >= 0.6 is 0 Å². The number of nitrogens with one attached hydrogen (secondary N) is 1. The maximum Gasteiger partial charge on any atom is 0.418 e. The zero-order chi connectivity index (χ0) is 13.9. The lowest BCUT2D eigenvalue weighted by atomic mass is 9.99. The molecule has 6 heteroatoms. The number of anilines is 1. The van der Waals surface area contributed by atoms with Gasteiger partial charge in [-0.25, -0.2) is 0 Å². The molecule has 3 N–H and O–H groups in total. The Hall–Kier alpha value is -1.43. The van der Waals surface area contributed by atoms with Crippen molar-refractivity contribution in [1.82, 2.24) is 5.32 Å². The molecule has 0 aromatic heterocycles. The number of alkyl halides is 3.